The van der Waals surface area contributed by atoms with E-state index < -0.39 is 0 Å². The minimum atomic E-state index is -0.117. The molecule has 1 aromatic carbocycles. The van der Waals surface area contributed by atoms with E-state index in [0.29, 0.717) is 19.8 Å². The first-order chi connectivity index (χ1) is 10.1. The Morgan fingerprint density at radius 3 is 2.29 bits per heavy atom. The lowest BCUT2D eigenvalue weighted by Crippen LogP contribution is -2.18. The molecule has 1 aromatic rings. The third-order valence-corrected chi connectivity index (χ3v) is 2.99. The van der Waals surface area contributed by atoms with E-state index in [1.54, 1.807) is 0 Å². The van der Waals surface area contributed by atoms with Crippen LogP contribution in [0, 0.1) is 0 Å². The van der Waals surface area contributed by atoms with Gasteiger partial charge in [0.15, 0.2) is 0 Å². The molecule has 0 aliphatic carbocycles. The van der Waals surface area contributed by atoms with Crippen LogP contribution in [0.15, 0.2) is 24.3 Å². The molecule has 0 saturated heterocycles. The van der Waals surface area contributed by atoms with Gasteiger partial charge in [-0.15, -0.1) is 0 Å². The highest BCUT2D eigenvalue weighted by atomic mass is 16.5. The van der Waals surface area contributed by atoms with E-state index in [9.17, 15) is 0 Å². The average Bonchev–Trinajstić information content (AvgIpc) is 2.46. The number of hydrogen-bond donors (Lipinski definition) is 1. The fraction of sp³-hybridized carbons (Fsp3) is 0.647. The van der Waals surface area contributed by atoms with Crippen LogP contribution in [0.3, 0.4) is 0 Å². The first kappa shape index (κ1) is 18.0. The number of hydrogen-bond acceptors (Lipinski definition) is 4. The van der Waals surface area contributed by atoms with Crippen molar-refractivity contribution in [1.82, 2.24) is 0 Å². The minimum absolute atomic E-state index is 0.117. The fourth-order valence-corrected chi connectivity index (χ4v) is 1.84. The highest BCUT2D eigenvalue weighted by Gasteiger charge is 2.06. The second-order valence-corrected chi connectivity index (χ2v) is 5.38. The van der Waals surface area contributed by atoms with Crippen molar-refractivity contribution in [2.24, 2.45) is 5.73 Å². The lowest BCUT2D eigenvalue weighted by molar-refractivity contribution is 0.0416. The monoisotopic (exact) mass is 295 g/mol. The molecule has 0 fully saturated rings. The first-order valence-corrected chi connectivity index (χ1v) is 7.81. The Morgan fingerprint density at radius 1 is 1.00 bits per heavy atom. The molecule has 4 heteroatoms. The Balaban J connectivity index is 2.21. The maximum Gasteiger partial charge on any atom is 0.119 e. The molecular formula is C17H29NO3. The molecule has 0 saturated carbocycles. The van der Waals surface area contributed by atoms with Crippen LogP contribution in [0.25, 0.3) is 0 Å². The van der Waals surface area contributed by atoms with Gasteiger partial charge in [0.25, 0.3) is 0 Å². The van der Waals surface area contributed by atoms with Crippen LogP contribution >= 0.6 is 0 Å². The largest absolute Gasteiger partial charge is 0.491 e. The van der Waals surface area contributed by atoms with Crippen LogP contribution in [-0.4, -0.2) is 32.5 Å². The van der Waals surface area contributed by atoms with Gasteiger partial charge in [-0.1, -0.05) is 25.5 Å². The topological polar surface area (TPSA) is 53.7 Å². The van der Waals surface area contributed by atoms with Crippen molar-refractivity contribution in [1.29, 1.82) is 0 Å². The van der Waals surface area contributed by atoms with Gasteiger partial charge in [-0.05, 0) is 38.0 Å². The van der Waals surface area contributed by atoms with Gasteiger partial charge in [-0.25, -0.2) is 0 Å². The minimum Gasteiger partial charge on any atom is -0.491 e. The van der Waals surface area contributed by atoms with Crippen molar-refractivity contribution < 1.29 is 14.2 Å². The molecule has 0 aromatic heterocycles. The number of rotatable bonds is 11. The highest BCUT2D eigenvalue weighted by molar-refractivity contribution is 5.29. The molecule has 4 nitrogen and oxygen atoms in total. The summed E-state index contributed by atoms with van der Waals surface area (Å²) in [6.07, 6.45) is 2.44. The Labute approximate surface area is 128 Å². The molecule has 0 aliphatic rings. The van der Waals surface area contributed by atoms with Gasteiger partial charge >= 0.3 is 0 Å². The summed E-state index contributed by atoms with van der Waals surface area (Å²) in [5.41, 5.74) is 7.16. The van der Waals surface area contributed by atoms with Gasteiger partial charge < -0.3 is 19.9 Å². The number of ether oxygens (including phenoxy) is 3. The predicted molar refractivity (Wildman–Crippen MR) is 85.7 cm³/mol. The van der Waals surface area contributed by atoms with E-state index >= 15 is 0 Å². The van der Waals surface area contributed by atoms with E-state index in [1.807, 2.05) is 38.1 Å². The molecule has 0 bridgehead atoms. The zero-order chi connectivity index (χ0) is 15.5. The first-order valence-electron chi connectivity index (χ1n) is 7.81. The van der Waals surface area contributed by atoms with Gasteiger partial charge in [0.05, 0.1) is 32.0 Å². The van der Waals surface area contributed by atoms with Crippen molar-refractivity contribution in [2.45, 2.75) is 45.8 Å². The predicted octanol–water partition coefficient (Wildman–Crippen LogP) is 3.31. The summed E-state index contributed by atoms with van der Waals surface area (Å²) in [6, 6.07) is 7.76. The van der Waals surface area contributed by atoms with Crippen LogP contribution in [-0.2, 0) is 9.47 Å². The molecule has 2 N–H and O–H groups in total. The molecule has 1 unspecified atom stereocenters. The Morgan fingerprint density at radius 2 is 1.67 bits per heavy atom. The molecule has 120 valence electrons. The molecule has 0 spiro atoms. The molecule has 21 heavy (non-hydrogen) atoms. The van der Waals surface area contributed by atoms with Crippen molar-refractivity contribution >= 4 is 0 Å². The molecule has 0 radical (unpaired) electrons. The second-order valence-electron chi connectivity index (χ2n) is 5.38. The number of benzene rings is 1. The van der Waals surface area contributed by atoms with Gasteiger partial charge in [-0.3, -0.25) is 0 Å². The molecule has 0 amide bonds. The smallest absolute Gasteiger partial charge is 0.119 e. The van der Waals surface area contributed by atoms with Crippen LogP contribution in [0.2, 0.25) is 0 Å². The summed E-state index contributed by atoms with van der Waals surface area (Å²) in [5, 5.41) is 0. The van der Waals surface area contributed by atoms with Crippen molar-refractivity contribution in [3.63, 3.8) is 0 Å². The third kappa shape index (κ3) is 8.05. The third-order valence-electron chi connectivity index (χ3n) is 2.99. The average molecular weight is 295 g/mol. The zero-order valence-corrected chi connectivity index (χ0v) is 13.5. The molecule has 1 atom stereocenters. The quantitative estimate of drug-likeness (QED) is 0.636. The Hall–Kier alpha value is -1.10. The van der Waals surface area contributed by atoms with Crippen LogP contribution in [0.1, 0.15) is 45.2 Å². The van der Waals surface area contributed by atoms with Gasteiger partial charge in [-0.2, -0.15) is 0 Å². The lowest BCUT2D eigenvalue weighted by atomic mass is 10.1. The summed E-state index contributed by atoms with van der Waals surface area (Å²) in [7, 11) is 0. The van der Waals surface area contributed by atoms with Crippen molar-refractivity contribution in [2.75, 3.05) is 26.4 Å². The van der Waals surface area contributed by atoms with Crippen LogP contribution < -0.4 is 10.5 Å². The molecular weight excluding hydrogens is 266 g/mol. The zero-order valence-electron chi connectivity index (χ0n) is 13.5. The standard InChI is InChI=1S/C17H29NO3/c1-4-5-10-19-11-12-20-13-17(18)15-6-8-16(9-7-15)21-14(2)3/h6-9,14,17H,4-5,10-13,18H2,1-3H3. The number of unbranched alkanes of at least 4 members (excludes halogenated alkanes) is 1. The maximum absolute atomic E-state index is 6.10. The summed E-state index contributed by atoms with van der Waals surface area (Å²) in [6.45, 7) is 8.70. The van der Waals surface area contributed by atoms with E-state index in [0.717, 1.165) is 30.8 Å². The summed E-state index contributed by atoms with van der Waals surface area (Å²) < 4.78 is 16.6. The van der Waals surface area contributed by atoms with Crippen LogP contribution in [0.5, 0.6) is 5.75 Å². The second kappa shape index (κ2) is 10.6. The summed E-state index contributed by atoms with van der Waals surface area (Å²) >= 11 is 0. The fourth-order valence-electron chi connectivity index (χ4n) is 1.84. The maximum atomic E-state index is 6.10. The van der Waals surface area contributed by atoms with Gasteiger partial charge in [0.1, 0.15) is 5.75 Å². The van der Waals surface area contributed by atoms with E-state index in [1.165, 1.54) is 0 Å². The Bertz CT molecular complexity index is 365. The normalized spacial score (nSPS) is 12.6. The van der Waals surface area contributed by atoms with Crippen LogP contribution in [0.4, 0.5) is 0 Å². The van der Waals surface area contributed by atoms with E-state index in [2.05, 4.69) is 6.92 Å². The van der Waals surface area contributed by atoms with E-state index in [4.69, 9.17) is 19.9 Å². The lowest BCUT2D eigenvalue weighted by Gasteiger charge is -2.14. The summed E-state index contributed by atoms with van der Waals surface area (Å²) in [5.74, 6) is 0.867. The van der Waals surface area contributed by atoms with Gasteiger partial charge in [0.2, 0.25) is 0 Å². The van der Waals surface area contributed by atoms with E-state index in [-0.39, 0.29) is 12.1 Å². The van der Waals surface area contributed by atoms with Crippen molar-refractivity contribution in [3.05, 3.63) is 29.8 Å². The van der Waals surface area contributed by atoms with Gasteiger partial charge in [0, 0.05) is 6.61 Å². The Kier molecular flexibility index (Phi) is 9.06. The highest BCUT2D eigenvalue weighted by Crippen LogP contribution is 2.17. The summed E-state index contributed by atoms with van der Waals surface area (Å²) in [4.78, 5) is 0. The molecule has 0 heterocycles. The SMILES string of the molecule is CCCCOCCOCC(N)c1ccc(OC(C)C)cc1. The molecule has 1 rings (SSSR count). The number of nitrogens with two attached hydrogens (primary N) is 1. The van der Waals surface area contributed by atoms with Crippen molar-refractivity contribution in [3.8, 4) is 5.75 Å². The molecule has 0 aliphatic heterocycles.